The topological polar surface area (TPSA) is 64.6 Å². The second kappa shape index (κ2) is 8.49. The van der Waals surface area contributed by atoms with Crippen LogP contribution >= 0.6 is 0 Å². The van der Waals surface area contributed by atoms with Crippen LogP contribution in [-0.4, -0.2) is 46.8 Å². The number of aliphatic hydroxyl groups is 1. The first-order valence-electron chi connectivity index (χ1n) is 8.93. The van der Waals surface area contributed by atoms with Crippen LogP contribution in [0.5, 0.6) is 0 Å². The van der Waals surface area contributed by atoms with E-state index >= 15 is 0 Å². The van der Waals surface area contributed by atoms with Crippen molar-refractivity contribution >= 4 is 6.03 Å². The molecule has 2 amide bonds. The summed E-state index contributed by atoms with van der Waals surface area (Å²) in [6, 6.07) is 10.9. The van der Waals surface area contributed by atoms with E-state index in [0.717, 1.165) is 25.9 Å². The molecule has 1 aromatic carbocycles. The van der Waals surface area contributed by atoms with Crippen LogP contribution in [0.1, 0.15) is 45.6 Å². The lowest BCUT2D eigenvalue weighted by atomic mass is 9.95. The fourth-order valence-corrected chi connectivity index (χ4v) is 3.31. The molecule has 24 heavy (non-hydrogen) atoms. The van der Waals surface area contributed by atoms with Gasteiger partial charge >= 0.3 is 6.03 Å². The molecule has 5 heteroatoms. The molecule has 0 bridgehead atoms. The van der Waals surface area contributed by atoms with E-state index in [1.807, 2.05) is 19.9 Å². The number of carbonyl (C=O) groups excluding carboxylic acids is 1. The largest absolute Gasteiger partial charge is 0.396 e. The predicted molar refractivity (Wildman–Crippen MR) is 96.8 cm³/mol. The molecule has 3 unspecified atom stereocenters. The third-order valence-electron chi connectivity index (χ3n) is 5.13. The number of urea groups is 1. The minimum Gasteiger partial charge on any atom is -0.396 e. The molecule has 0 saturated carbocycles. The summed E-state index contributed by atoms with van der Waals surface area (Å²) < 4.78 is 0. The first-order chi connectivity index (χ1) is 11.5. The molecular formula is C19H31N3O2. The number of carbonyl (C=O) groups is 1. The van der Waals surface area contributed by atoms with Crippen LogP contribution in [0, 0.1) is 0 Å². The maximum absolute atomic E-state index is 12.3. The number of rotatable bonds is 7. The van der Waals surface area contributed by atoms with Crippen molar-refractivity contribution in [3.63, 3.8) is 0 Å². The number of hydrogen-bond acceptors (Lipinski definition) is 3. The van der Waals surface area contributed by atoms with Crippen molar-refractivity contribution in [2.75, 3.05) is 13.2 Å². The Morgan fingerprint density at radius 2 is 2.08 bits per heavy atom. The predicted octanol–water partition coefficient (Wildman–Crippen LogP) is 2.50. The summed E-state index contributed by atoms with van der Waals surface area (Å²) in [7, 11) is 0. The second-order valence-corrected chi connectivity index (χ2v) is 7.18. The van der Waals surface area contributed by atoms with Crippen molar-refractivity contribution in [1.29, 1.82) is 0 Å². The van der Waals surface area contributed by atoms with Crippen LogP contribution in [0.4, 0.5) is 4.79 Å². The van der Waals surface area contributed by atoms with Gasteiger partial charge in [-0.05, 0) is 38.7 Å². The van der Waals surface area contributed by atoms with Crippen LogP contribution in [0.25, 0.3) is 0 Å². The zero-order chi connectivity index (χ0) is 17.6. The zero-order valence-corrected chi connectivity index (χ0v) is 15.1. The number of benzene rings is 1. The first-order valence-corrected chi connectivity index (χ1v) is 8.93. The van der Waals surface area contributed by atoms with Gasteiger partial charge in [-0.1, -0.05) is 37.3 Å². The molecule has 3 N–H and O–H groups in total. The molecule has 2 rings (SSSR count). The van der Waals surface area contributed by atoms with Gasteiger partial charge in [-0.25, -0.2) is 4.79 Å². The van der Waals surface area contributed by atoms with Crippen LogP contribution < -0.4 is 10.6 Å². The number of amides is 2. The standard InChI is InChI=1S/C19H31N3O2/c1-4-19(3,10-11-23)21-18(24)20-17-12-15(2)22(14-17)13-16-8-6-5-7-9-16/h5-9,15,17,23H,4,10-14H2,1-3H3,(H2,20,21,24). The summed E-state index contributed by atoms with van der Waals surface area (Å²) >= 11 is 0. The molecule has 0 radical (unpaired) electrons. The monoisotopic (exact) mass is 333 g/mol. The Bertz CT molecular complexity index is 523. The lowest BCUT2D eigenvalue weighted by molar-refractivity contribution is 0.198. The number of nitrogens with zero attached hydrogens (tertiary/aromatic N) is 1. The molecule has 5 nitrogen and oxygen atoms in total. The average molecular weight is 333 g/mol. The molecule has 1 heterocycles. The van der Waals surface area contributed by atoms with Crippen molar-refractivity contribution in [1.82, 2.24) is 15.5 Å². The smallest absolute Gasteiger partial charge is 0.315 e. The quantitative estimate of drug-likeness (QED) is 0.718. The third kappa shape index (κ3) is 5.21. The molecule has 0 spiro atoms. The molecule has 0 aliphatic carbocycles. The highest BCUT2D eigenvalue weighted by atomic mass is 16.3. The Labute approximate surface area is 145 Å². The Hall–Kier alpha value is -1.59. The van der Waals surface area contributed by atoms with E-state index in [1.165, 1.54) is 5.56 Å². The Morgan fingerprint density at radius 1 is 1.38 bits per heavy atom. The maximum atomic E-state index is 12.3. The normalized spacial score (nSPS) is 23.7. The van der Waals surface area contributed by atoms with Gasteiger partial charge in [-0.15, -0.1) is 0 Å². The molecule has 1 aliphatic rings. The highest BCUT2D eigenvalue weighted by Gasteiger charge is 2.31. The first kappa shape index (κ1) is 18.7. The fraction of sp³-hybridized carbons (Fsp3) is 0.632. The Kier molecular flexibility index (Phi) is 6.63. The number of aliphatic hydroxyl groups excluding tert-OH is 1. The van der Waals surface area contributed by atoms with Crippen molar-refractivity contribution in [2.45, 2.75) is 64.2 Å². The van der Waals surface area contributed by atoms with Gasteiger partial charge in [-0.2, -0.15) is 0 Å². The van der Waals surface area contributed by atoms with E-state index in [1.54, 1.807) is 0 Å². The number of likely N-dealkylation sites (tertiary alicyclic amines) is 1. The molecule has 1 saturated heterocycles. The minimum absolute atomic E-state index is 0.0793. The van der Waals surface area contributed by atoms with Gasteiger partial charge < -0.3 is 15.7 Å². The summed E-state index contributed by atoms with van der Waals surface area (Å²) in [4.78, 5) is 14.7. The molecule has 1 aliphatic heterocycles. The van der Waals surface area contributed by atoms with Crippen LogP contribution in [0.15, 0.2) is 30.3 Å². The van der Waals surface area contributed by atoms with Crippen molar-refractivity contribution in [3.05, 3.63) is 35.9 Å². The fourth-order valence-electron chi connectivity index (χ4n) is 3.31. The van der Waals surface area contributed by atoms with Gasteiger partial charge in [0, 0.05) is 37.3 Å². The van der Waals surface area contributed by atoms with Crippen LogP contribution in [0.3, 0.4) is 0 Å². The van der Waals surface area contributed by atoms with Crippen molar-refractivity contribution in [2.24, 2.45) is 0 Å². The minimum atomic E-state index is -0.354. The van der Waals surface area contributed by atoms with E-state index < -0.39 is 0 Å². The molecule has 1 aromatic rings. The highest BCUT2D eigenvalue weighted by molar-refractivity contribution is 5.75. The van der Waals surface area contributed by atoms with Crippen molar-refractivity contribution < 1.29 is 9.90 Å². The zero-order valence-electron chi connectivity index (χ0n) is 15.1. The Balaban J connectivity index is 1.84. The Morgan fingerprint density at radius 3 is 2.71 bits per heavy atom. The highest BCUT2D eigenvalue weighted by Crippen LogP contribution is 2.20. The summed E-state index contributed by atoms with van der Waals surface area (Å²) in [6.45, 7) is 8.07. The molecule has 0 aromatic heterocycles. The van der Waals surface area contributed by atoms with Gasteiger partial charge in [0.05, 0.1) is 0 Å². The molecule has 1 fully saturated rings. The van der Waals surface area contributed by atoms with E-state index in [0.29, 0.717) is 12.5 Å². The summed E-state index contributed by atoms with van der Waals surface area (Å²) in [5.41, 5.74) is 0.947. The number of nitrogens with one attached hydrogen (secondary N) is 2. The molecule has 3 atom stereocenters. The maximum Gasteiger partial charge on any atom is 0.315 e. The lowest BCUT2D eigenvalue weighted by Crippen LogP contribution is -2.53. The molecule has 134 valence electrons. The summed E-state index contributed by atoms with van der Waals surface area (Å²) in [6.07, 6.45) is 2.32. The van der Waals surface area contributed by atoms with Gasteiger partial charge in [0.15, 0.2) is 0 Å². The number of hydrogen-bond donors (Lipinski definition) is 3. The van der Waals surface area contributed by atoms with Gasteiger partial charge in [0.2, 0.25) is 0 Å². The van der Waals surface area contributed by atoms with E-state index in [-0.39, 0.29) is 24.2 Å². The lowest BCUT2D eigenvalue weighted by Gasteiger charge is -2.29. The van der Waals surface area contributed by atoms with Crippen molar-refractivity contribution in [3.8, 4) is 0 Å². The molecular weight excluding hydrogens is 302 g/mol. The van der Waals surface area contributed by atoms with E-state index in [2.05, 4.69) is 46.7 Å². The van der Waals surface area contributed by atoms with Gasteiger partial charge in [-0.3, -0.25) is 4.90 Å². The second-order valence-electron chi connectivity index (χ2n) is 7.18. The summed E-state index contributed by atoms with van der Waals surface area (Å²) in [5, 5.41) is 15.3. The van der Waals surface area contributed by atoms with Gasteiger partial charge in [0.1, 0.15) is 0 Å². The average Bonchev–Trinajstić information content (AvgIpc) is 2.87. The van der Waals surface area contributed by atoms with Gasteiger partial charge in [0.25, 0.3) is 0 Å². The summed E-state index contributed by atoms with van der Waals surface area (Å²) in [5.74, 6) is 0. The third-order valence-corrected chi connectivity index (χ3v) is 5.13. The van der Waals surface area contributed by atoms with E-state index in [4.69, 9.17) is 5.11 Å². The SMILES string of the molecule is CCC(C)(CCO)NC(=O)NC1CC(C)N(Cc2ccccc2)C1. The van der Waals surface area contributed by atoms with E-state index in [9.17, 15) is 4.79 Å². The van der Waals surface area contributed by atoms with Crippen LogP contribution in [-0.2, 0) is 6.54 Å². The van der Waals surface area contributed by atoms with Crippen LogP contribution in [0.2, 0.25) is 0 Å².